The molecule has 17 heavy (non-hydrogen) atoms. The van der Waals surface area contributed by atoms with Gasteiger partial charge in [-0.1, -0.05) is 12.1 Å². The van der Waals surface area contributed by atoms with E-state index in [1.54, 1.807) is 7.05 Å². The van der Waals surface area contributed by atoms with Gasteiger partial charge < -0.3 is 10.2 Å². The molecule has 1 atom stereocenters. The van der Waals surface area contributed by atoms with Crippen LogP contribution in [0.1, 0.15) is 23.2 Å². The number of amides is 1. The Morgan fingerprint density at radius 2 is 2.24 bits per heavy atom. The molecule has 2 aliphatic rings. The van der Waals surface area contributed by atoms with Crippen LogP contribution in [0.25, 0.3) is 0 Å². The van der Waals surface area contributed by atoms with Crippen molar-refractivity contribution in [2.24, 2.45) is 4.99 Å². The molecule has 2 heterocycles. The number of rotatable bonds is 0. The van der Waals surface area contributed by atoms with Gasteiger partial charge in [-0.05, 0) is 25.0 Å². The van der Waals surface area contributed by atoms with Crippen LogP contribution in [-0.4, -0.2) is 36.3 Å². The molecule has 1 aromatic rings. The number of hydrogen-bond donors (Lipinski definition) is 1. The smallest absolute Gasteiger partial charge is 0.256 e. The van der Waals surface area contributed by atoms with E-state index in [4.69, 9.17) is 0 Å². The van der Waals surface area contributed by atoms with Crippen molar-refractivity contribution in [1.29, 1.82) is 0 Å². The Hall–Kier alpha value is -1.84. The van der Waals surface area contributed by atoms with Crippen LogP contribution in [0.4, 0.5) is 5.69 Å². The lowest BCUT2D eigenvalue weighted by atomic mass is 10.1. The van der Waals surface area contributed by atoms with Crippen LogP contribution >= 0.6 is 0 Å². The average molecular weight is 229 g/mol. The van der Waals surface area contributed by atoms with E-state index in [0.717, 1.165) is 36.5 Å². The van der Waals surface area contributed by atoms with Gasteiger partial charge in [0.15, 0.2) is 0 Å². The van der Waals surface area contributed by atoms with Gasteiger partial charge in [-0.15, -0.1) is 0 Å². The zero-order chi connectivity index (χ0) is 11.8. The van der Waals surface area contributed by atoms with E-state index < -0.39 is 0 Å². The quantitative estimate of drug-likeness (QED) is 0.736. The van der Waals surface area contributed by atoms with Crippen molar-refractivity contribution >= 4 is 17.4 Å². The minimum atomic E-state index is 0.120. The molecule has 1 N–H and O–H groups in total. The fourth-order valence-corrected chi connectivity index (χ4v) is 2.65. The van der Waals surface area contributed by atoms with Crippen molar-refractivity contribution in [3.63, 3.8) is 0 Å². The van der Waals surface area contributed by atoms with Crippen molar-refractivity contribution in [2.75, 3.05) is 18.9 Å². The molecular weight excluding hydrogens is 214 g/mol. The molecule has 0 aliphatic carbocycles. The minimum absolute atomic E-state index is 0.120. The van der Waals surface area contributed by atoms with Crippen LogP contribution < -0.4 is 5.32 Å². The predicted molar refractivity (Wildman–Crippen MR) is 67.5 cm³/mol. The molecule has 4 heteroatoms. The van der Waals surface area contributed by atoms with E-state index in [2.05, 4.69) is 10.3 Å². The number of carbonyl (C=O) groups excluding carboxylic acids is 1. The maximum absolute atomic E-state index is 12.4. The van der Waals surface area contributed by atoms with E-state index in [-0.39, 0.29) is 11.9 Å². The number of hydrogen-bond acceptors (Lipinski definition) is 2. The standard InChI is InChI=1S/C13H15N3O/c1-14-12-11-7-4-8-16(11)13(17)9-5-2-3-6-10(9)15-12/h2-3,5-6,11H,4,7-8H2,1H3,(H,14,15). The Balaban J connectivity index is 2.13. The van der Waals surface area contributed by atoms with Crippen LogP contribution in [0.3, 0.4) is 0 Å². The molecule has 2 aliphatic heterocycles. The van der Waals surface area contributed by atoms with Crippen molar-refractivity contribution in [3.8, 4) is 0 Å². The monoisotopic (exact) mass is 229 g/mol. The molecule has 0 aromatic heterocycles. The summed E-state index contributed by atoms with van der Waals surface area (Å²) in [6, 6.07) is 7.76. The van der Waals surface area contributed by atoms with Crippen LogP contribution in [0.5, 0.6) is 0 Å². The molecule has 88 valence electrons. The highest BCUT2D eigenvalue weighted by molar-refractivity contribution is 6.11. The SMILES string of the molecule is CN=C1Nc2ccccc2C(=O)N2CCCC12. The molecule has 1 saturated heterocycles. The number of carbonyl (C=O) groups is 1. The maximum Gasteiger partial charge on any atom is 0.256 e. The number of anilines is 1. The zero-order valence-electron chi connectivity index (χ0n) is 9.81. The number of aliphatic imine (C=N–C) groups is 1. The van der Waals surface area contributed by atoms with E-state index in [1.165, 1.54) is 0 Å². The highest BCUT2D eigenvalue weighted by atomic mass is 16.2. The maximum atomic E-state index is 12.4. The van der Waals surface area contributed by atoms with E-state index in [1.807, 2.05) is 29.2 Å². The summed E-state index contributed by atoms with van der Waals surface area (Å²) in [5, 5.41) is 3.30. The second-order valence-corrected chi connectivity index (χ2v) is 4.44. The highest BCUT2D eigenvalue weighted by Gasteiger charge is 2.36. The number of benzene rings is 1. The summed E-state index contributed by atoms with van der Waals surface area (Å²) >= 11 is 0. The number of nitrogens with zero attached hydrogens (tertiary/aromatic N) is 2. The van der Waals surface area contributed by atoms with Crippen molar-refractivity contribution in [1.82, 2.24) is 4.90 Å². The summed E-state index contributed by atoms with van der Waals surface area (Å²) < 4.78 is 0. The number of amidine groups is 1. The fraction of sp³-hybridized carbons (Fsp3) is 0.385. The van der Waals surface area contributed by atoms with Gasteiger partial charge in [0.1, 0.15) is 5.84 Å². The minimum Gasteiger partial charge on any atom is -0.342 e. The lowest BCUT2D eigenvalue weighted by molar-refractivity contribution is 0.0773. The van der Waals surface area contributed by atoms with Crippen molar-refractivity contribution < 1.29 is 4.79 Å². The molecule has 1 unspecified atom stereocenters. The van der Waals surface area contributed by atoms with E-state index in [9.17, 15) is 4.79 Å². The molecule has 3 rings (SSSR count). The first-order valence-corrected chi connectivity index (χ1v) is 5.95. The number of fused-ring (bicyclic) bond motifs is 2. The van der Waals surface area contributed by atoms with Gasteiger partial charge >= 0.3 is 0 Å². The summed E-state index contributed by atoms with van der Waals surface area (Å²) in [6.07, 6.45) is 2.05. The lowest BCUT2D eigenvalue weighted by Crippen LogP contribution is -2.40. The number of nitrogens with one attached hydrogen (secondary N) is 1. The first-order valence-electron chi connectivity index (χ1n) is 5.95. The summed E-state index contributed by atoms with van der Waals surface area (Å²) in [5.74, 6) is 1.02. The van der Waals surface area contributed by atoms with Gasteiger partial charge in [0, 0.05) is 13.6 Å². The van der Waals surface area contributed by atoms with Crippen LogP contribution in [0.2, 0.25) is 0 Å². The lowest BCUT2D eigenvalue weighted by Gasteiger charge is -2.22. The topological polar surface area (TPSA) is 44.7 Å². The predicted octanol–water partition coefficient (Wildman–Crippen LogP) is 1.75. The normalized spacial score (nSPS) is 25.2. The van der Waals surface area contributed by atoms with Crippen molar-refractivity contribution in [3.05, 3.63) is 29.8 Å². The second kappa shape index (κ2) is 3.87. The molecule has 4 nitrogen and oxygen atoms in total. The number of para-hydroxylation sites is 1. The summed E-state index contributed by atoms with van der Waals surface area (Å²) in [4.78, 5) is 18.6. The van der Waals surface area contributed by atoms with Crippen LogP contribution in [0.15, 0.2) is 29.3 Å². The third-order valence-electron chi connectivity index (χ3n) is 3.49. The van der Waals surface area contributed by atoms with E-state index in [0.29, 0.717) is 0 Å². The summed E-state index contributed by atoms with van der Waals surface area (Å²) in [5.41, 5.74) is 1.62. The highest BCUT2D eigenvalue weighted by Crippen LogP contribution is 2.28. The first-order chi connectivity index (χ1) is 8.31. The Morgan fingerprint density at radius 1 is 1.41 bits per heavy atom. The van der Waals surface area contributed by atoms with Gasteiger partial charge in [-0.2, -0.15) is 0 Å². The second-order valence-electron chi connectivity index (χ2n) is 4.44. The molecule has 0 bridgehead atoms. The molecule has 1 aromatic carbocycles. The fourth-order valence-electron chi connectivity index (χ4n) is 2.65. The largest absolute Gasteiger partial charge is 0.342 e. The molecule has 1 amide bonds. The Bertz CT molecular complexity index is 495. The molecule has 0 spiro atoms. The van der Waals surface area contributed by atoms with E-state index >= 15 is 0 Å². The third-order valence-corrected chi connectivity index (χ3v) is 3.49. The van der Waals surface area contributed by atoms with Gasteiger partial charge in [-0.25, -0.2) is 0 Å². The van der Waals surface area contributed by atoms with Gasteiger partial charge in [0.05, 0.1) is 17.3 Å². The van der Waals surface area contributed by atoms with Gasteiger partial charge in [0.2, 0.25) is 0 Å². The Labute approximate surface area is 100 Å². The van der Waals surface area contributed by atoms with Gasteiger partial charge in [-0.3, -0.25) is 9.79 Å². The van der Waals surface area contributed by atoms with Gasteiger partial charge in [0.25, 0.3) is 5.91 Å². The Kier molecular flexibility index (Phi) is 2.35. The van der Waals surface area contributed by atoms with Crippen LogP contribution in [-0.2, 0) is 0 Å². The molecule has 1 fully saturated rings. The summed E-state index contributed by atoms with van der Waals surface area (Å²) in [7, 11) is 1.78. The molecule has 0 saturated carbocycles. The molecular formula is C13H15N3O. The summed E-state index contributed by atoms with van der Waals surface area (Å²) in [6.45, 7) is 0.832. The van der Waals surface area contributed by atoms with Crippen LogP contribution in [0, 0.1) is 0 Å². The third kappa shape index (κ3) is 1.52. The average Bonchev–Trinajstić information content (AvgIpc) is 2.81. The first kappa shape index (κ1) is 10.3. The van der Waals surface area contributed by atoms with Crippen molar-refractivity contribution in [2.45, 2.75) is 18.9 Å². The molecule has 0 radical (unpaired) electrons. The Morgan fingerprint density at radius 3 is 3.06 bits per heavy atom. The zero-order valence-corrected chi connectivity index (χ0v) is 9.81.